The number of likely N-dealkylation sites (N-methyl/N-ethyl adjacent to an activating group) is 1. The second kappa shape index (κ2) is 10.4. The van der Waals surface area contributed by atoms with Gasteiger partial charge in [0.2, 0.25) is 5.91 Å². The van der Waals surface area contributed by atoms with Gasteiger partial charge >= 0.3 is 0 Å². The number of amides is 2. The van der Waals surface area contributed by atoms with Crippen LogP contribution in [0.25, 0.3) is 0 Å². The molecule has 0 radical (unpaired) electrons. The molecule has 2 amide bonds. The van der Waals surface area contributed by atoms with Crippen molar-refractivity contribution in [2.75, 3.05) is 40.8 Å². The summed E-state index contributed by atoms with van der Waals surface area (Å²) in [6, 6.07) is 15.1. The largest absolute Gasteiger partial charge is 0.495 e. The van der Waals surface area contributed by atoms with Gasteiger partial charge in [-0.05, 0) is 35.4 Å². The molecular weight excluding hydrogens is 484 g/mol. The van der Waals surface area contributed by atoms with Crippen LogP contribution in [0.2, 0.25) is 5.02 Å². The molecule has 0 spiro atoms. The molecule has 8 nitrogen and oxygen atoms in total. The first-order valence-electron chi connectivity index (χ1n) is 11.1. The second-order valence-corrected chi connectivity index (χ2v) is 8.62. The molecule has 188 valence electrons. The minimum absolute atomic E-state index is 0.181. The van der Waals surface area contributed by atoms with E-state index < -0.39 is 12.0 Å². The number of anilines is 1. The van der Waals surface area contributed by atoms with Crippen molar-refractivity contribution in [3.05, 3.63) is 76.3 Å². The molecule has 4 rings (SSSR count). The Kier molecular flexibility index (Phi) is 7.26. The number of hydrogen-bond donors (Lipinski definition) is 1. The SMILES string of the molecule is COc1cc(OC)c(NC(=O)[C@@H]2c3ccccc3C(=O)N(C)[C@H]2c2ccc(OC)c(OC)c2)cc1Cl. The number of nitrogens with one attached hydrogen (secondary N) is 1. The molecule has 1 aliphatic heterocycles. The van der Waals surface area contributed by atoms with E-state index in [1.54, 1.807) is 61.5 Å². The van der Waals surface area contributed by atoms with Crippen LogP contribution >= 0.6 is 11.6 Å². The Balaban J connectivity index is 1.83. The Morgan fingerprint density at radius 3 is 2.19 bits per heavy atom. The quantitative estimate of drug-likeness (QED) is 0.485. The molecule has 3 aromatic rings. The fourth-order valence-corrected chi connectivity index (χ4v) is 4.82. The van der Waals surface area contributed by atoms with Gasteiger partial charge in [0, 0.05) is 18.7 Å². The molecule has 36 heavy (non-hydrogen) atoms. The number of benzene rings is 3. The highest BCUT2D eigenvalue weighted by molar-refractivity contribution is 6.32. The van der Waals surface area contributed by atoms with Gasteiger partial charge < -0.3 is 29.2 Å². The highest BCUT2D eigenvalue weighted by atomic mass is 35.5. The first-order chi connectivity index (χ1) is 17.3. The molecule has 0 unspecified atom stereocenters. The summed E-state index contributed by atoms with van der Waals surface area (Å²) in [6.45, 7) is 0. The van der Waals surface area contributed by atoms with Crippen LogP contribution in [0.5, 0.6) is 23.0 Å². The minimum atomic E-state index is -0.743. The molecule has 0 saturated carbocycles. The lowest BCUT2D eigenvalue weighted by molar-refractivity contribution is -0.119. The summed E-state index contributed by atoms with van der Waals surface area (Å²) in [7, 11) is 7.76. The maximum absolute atomic E-state index is 13.9. The van der Waals surface area contributed by atoms with Crippen molar-refractivity contribution < 1.29 is 28.5 Å². The Hall–Kier alpha value is -3.91. The van der Waals surface area contributed by atoms with E-state index in [9.17, 15) is 9.59 Å². The van der Waals surface area contributed by atoms with Gasteiger partial charge in [0.1, 0.15) is 11.5 Å². The smallest absolute Gasteiger partial charge is 0.254 e. The predicted octanol–water partition coefficient (Wildman–Crippen LogP) is 4.92. The molecule has 1 heterocycles. The minimum Gasteiger partial charge on any atom is -0.495 e. The summed E-state index contributed by atoms with van der Waals surface area (Å²) in [6.07, 6.45) is 0. The number of methoxy groups -OCH3 is 4. The average molecular weight is 511 g/mol. The standard InChI is InChI=1S/C27H27ClN2O6/c1-30-25(15-10-11-20(33-2)23(12-15)36-5)24(16-8-6-7-9-17(16)27(30)32)26(31)29-19-13-18(28)21(34-3)14-22(19)35-4/h6-14,24-25H,1-5H3,(H,29,31)/t24-,25+/m1/s1. The first-order valence-corrected chi connectivity index (χ1v) is 11.5. The monoisotopic (exact) mass is 510 g/mol. The van der Waals surface area contributed by atoms with Gasteiger partial charge in [-0.15, -0.1) is 0 Å². The summed E-state index contributed by atoms with van der Waals surface area (Å²) < 4.78 is 21.6. The second-order valence-electron chi connectivity index (χ2n) is 8.22. The first kappa shape index (κ1) is 25.2. The third-order valence-electron chi connectivity index (χ3n) is 6.34. The van der Waals surface area contributed by atoms with Gasteiger partial charge in [0.15, 0.2) is 11.5 Å². The van der Waals surface area contributed by atoms with Crippen molar-refractivity contribution in [2.24, 2.45) is 0 Å². The molecule has 0 aliphatic carbocycles. The number of carbonyl (C=O) groups excluding carboxylic acids is 2. The van der Waals surface area contributed by atoms with Gasteiger partial charge in [-0.25, -0.2) is 0 Å². The third kappa shape index (κ3) is 4.40. The van der Waals surface area contributed by atoms with E-state index in [1.165, 1.54) is 21.3 Å². The van der Waals surface area contributed by atoms with E-state index >= 15 is 0 Å². The number of ether oxygens (including phenoxy) is 4. The van der Waals surface area contributed by atoms with Crippen molar-refractivity contribution in [1.82, 2.24) is 4.90 Å². The zero-order valence-corrected chi connectivity index (χ0v) is 21.4. The summed E-state index contributed by atoms with van der Waals surface area (Å²) in [4.78, 5) is 28.8. The van der Waals surface area contributed by atoms with E-state index in [2.05, 4.69) is 5.32 Å². The molecular formula is C27H27ClN2O6. The number of halogens is 1. The maximum Gasteiger partial charge on any atom is 0.254 e. The van der Waals surface area contributed by atoms with E-state index in [0.717, 1.165) is 5.56 Å². The predicted molar refractivity (Wildman–Crippen MR) is 137 cm³/mol. The van der Waals surface area contributed by atoms with Crippen molar-refractivity contribution in [3.8, 4) is 23.0 Å². The van der Waals surface area contributed by atoms with E-state index in [-0.39, 0.29) is 11.8 Å². The Labute approximate surface area is 214 Å². The van der Waals surface area contributed by atoms with Crippen LogP contribution in [0.1, 0.15) is 33.4 Å². The van der Waals surface area contributed by atoms with Gasteiger partial charge in [-0.1, -0.05) is 35.9 Å². The van der Waals surface area contributed by atoms with Crippen LogP contribution in [0.3, 0.4) is 0 Å². The molecule has 0 saturated heterocycles. The Morgan fingerprint density at radius 2 is 1.53 bits per heavy atom. The molecule has 3 aromatic carbocycles. The van der Waals surface area contributed by atoms with Gasteiger partial charge in [-0.2, -0.15) is 0 Å². The van der Waals surface area contributed by atoms with Crippen LogP contribution in [0, 0.1) is 0 Å². The number of rotatable bonds is 7. The van der Waals surface area contributed by atoms with Crippen molar-refractivity contribution in [2.45, 2.75) is 12.0 Å². The van der Waals surface area contributed by atoms with Crippen molar-refractivity contribution in [3.63, 3.8) is 0 Å². The third-order valence-corrected chi connectivity index (χ3v) is 6.64. The van der Waals surface area contributed by atoms with E-state index in [0.29, 0.717) is 44.8 Å². The topological polar surface area (TPSA) is 86.3 Å². The van der Waals surface area contributed by atoms with Crippen LogP contribution in [-0.4, -0.2) is 52.2 Å². The highest BCUT2D eigenvalue weighted by Crippen LogP contribution is 2.45. The van der Waals surface area contributed by atoms with Crippen LogP contribution < -0.4 is 24.3 Å². The van der Waals surface area contributed by atoms with Crippen molar-refractivity contribution in [1.29, 1.82) is 0 Å². The molecule has 1 aliphatic rings. The highest BCUT2D eigenvalue weighted by Gasteiger charge is 2.43. The Bertz CT molecular complexity index is 1310. The summed E-state index contributed by atoms with van der Waals surface area (Å²) >= 11 is 6.33. The van der Waals surface area contributed by atoms with Gasteiger partial charge in [-0.3, -0.25) is 9.59 Å². The number of hydrogen-bond acceptors (Lipinski definition) is 6. The van der Waals surface area contributed by atoms with Crippen LogP contribution in [0.15, 0.2) is 54.6 Å². The lowest BCUT2D eigenvalue weighted by atomic mass is 9.79. The Morgan fingerprint density at radius 1 is 0.861 bits per heavy atom. The lowest BCUT2D eigenvalue weighted by Gasteiger charge is -2.40. The molecule has 1 N–H and O–H groups in total. The number of carbonyl (C=O) groups is 2. The van der Waals surface area contributed by atoms with Crippen LogP contribution in [0.4, 0.5) is 5.69 Å². The van der Waals surface area contributed by atoms with Gasteiger partial charge in [0.25, 0.3) is 5.91 Å². The molecule has 2 atom stereocenters. The zero-order chi connectivity index (χ0) is 26.0. The lowest BCUT2D eigenvalue weighted by Crippen LogP contribution is -2.44. The zero-order valence-electron chi connectivity index (χ0n) is 20.6. The summed E-state index contributed by atoms with van der Waals surface area (Å²) in [5.41, 5.74) is 2.20. The molecule has 0 fully saturated rings. The number of nitrogens with zero attached hydrogens (tertiary/aromatic N) is 1. The fourth-order valence-electron chi connectivity index (χ4n) is 4.58. The summed E-state index contributed by atoms with van der Waals surface area (Å²) in [5, 5.41) is 3.27. The normalized spacial score (nSPS) is 16.7. The van der Waals surface area contributed by atoms with Crippen molar-refractivity contribution >= 4 is 29.1 Å². The van der Waals surface area contributed by atoms with E-state index in [4.69, 9.17) is 30.5 Å². The van der Waals surface area contributed by atoms with E-state index in [1.807, 2.05) is 12.1 Å². The molecule has 0 aromatic heterocycles. The average Bonchev–Trinajstić information content (AvgIpc) is 2.90. The molecule has 9 heteroatoms. The molecule has 0 bridgehead atoms. The maximum atomic E-state index is 13.9. The van der Waals surface area contributed by atoms with Crippen LogP contribution in [-0.2, 0) is 4.79 Å². The summed E-state index contributed by atoms with van der Waals surface area (Å²) in [5.74, 6) is 0.597. The fraction of sp³-hybridized carbons (Fsp3) is 0.259. The number of fused-ring (bicyclic) bond motifs is 1. The van der Waals surface area contributed by atoms with Gasteiger partial charge in [0.05, 0.1) is 51.1 Å².